The lowest BCUT2D eigenvalue weighted by molar-refractivity contribution is -0.121. The van der Waals surface area contributed by atoms with Crippen molar-refractivity contribution in [3.8, 4) is 11.5 Å². The van der Waals surface area contributed by atoms with E-state index < -0.39 is 15.9 Å². The van der Waals surface area contributed by atoms with E-state index in [-0.39, 0.29) is 17.2 Å². The molecule has 8 nitrogen and oxygen atoms in total. The van der Waals surface area contributed by atoms with Gasteiger partial charge in [-0.2, -0.15) is 0 Å². The van der Waals surface area contributed by atoms with Gasteiger partial charge in [0.2, 0.25) is 5.91 Å². The number of methoxy groups -OCH3 is 1. The molecule has 3 aromatic rings. The molecule has 32 heavy (non-hydrogen) atoms. The first-order valence-electron chi connectivity index (χ1n) is 10.1. The van der Waals surface area contributed by atoms with Gasteiger partial charge in [0.1, 0.15) is 23.4 Å². The predicted molar refractivity (Wildman–Crippen MR) is 120 cm³/mol. The number of aryl methyl sites for hydroxylation is 1. The maximum atomic E-state index is 12.6. The second-order valence-corrected chi connectivity index (χ2v) is 9.38. The summed E-state index contributed by atoms with van der Waals surface area (Å²) >= 11 is 0. The molecule has 0 aliphatic rings. The molecule has 1 atom stereocenters. The Bertz CT molecular complexity index is 1140. The number of carbonyl (C=O) groups is 1. The summed E-state index contributed by atoms with van der Waals surface area (Å²) in [7, 11) is 0.251. The van der Waals surface area contributed by atoms with Crippen LogP contribution in [-0.2, 0) is 21.7 Å². The Morgan fingerprint density at radius 1 is 1.09 bits per heavy atom. The van der Waals surface area contributed by atoms with Gasteiger partial charge in [-0.05, 0) is 48.4 Å². The van der Waals surface area contributed by atoms with Gasteiger partial charge in [-0.25, -0.2) is 13.4 Å². The van der Waals surface area contributed by atoms with E-state index in [9.17, 15) is 13.2 Å². The maximum absolute atomic E-state index is 12.6. The van der Waals surface area contributed by atoms with Gasteiger partial charge in [-0.1, -0.05) is 12.1 Å². The number of ether oxygens (including phenoxy) is 2. The topological polar surface area (TPSA) is 99.5 Å². The zero-order valence-corrected chi connectivity index (χ0v) is 19.1. The Kier molecular flexibility index (Phi) is 7.53. The summed E-state index contributed by atoms with van der Waals surface area (Å²) in [5.41, 5.74) is 0.899. The molecule has 9 heteroatoms. The molecule has 1 heterocycles. The molecule has 1 unspecified atom stereocenters. The molecular weight excluding hydrogens is 430 g/mol. The molecule has 0 spiro atoms. The zero-order valence-electron chi connectivity index (χ0n) is 18.3. The lowest BCUT2D eigenvalue weighted by Crippen LogP contribution is -2.31. The Hall–Kier alpha value is -3.33. The van der Waals surface area contributed by atoms with Crippen LogP contribution < -0.4 is 14.8 Å². The molecule has 0 saturated heterocycles. The number of nitrogens with one attached hydrogen (secondary N) is 1. The van der Waals surface area contributed by atoms with Gasteiger partial charge in [0.05, 0.1) is 18.6 Å². The first kappa shape index (κ1) is 23.3. The Balaban J connectivity index is 1.56. The van der Waals surface area contributed by atoms with Crippen LogP contribution in [0.3, 0.4) is 0 Å². The molecular formula is C23H27N3O5S. The van der Waals surface area contributed by atoms with Crippen LogP contribution in [0.1, 0.15) is 30.3 Å². The van der Waals surface area contributed by atoms with Gasteiger partial charge >= 0.3 is 0 Å². The van der Waals surface area contributed by atoms with Crippen LogP contribution in [0.5, 0.6) is 11.5 Å². The summed E-state index contributed by atoms with van der Waals surface area (Å²) in [6.45, 7) is 0.335. The number of hydrogen-bond donors (Lipinski definition) is 1. The van der Waals surface area contributed by atoms with Gasteiger partial charge in [0.15, 0.2) is 9.84 Å². The van der Waals surface area contributed by atoms with Crippen molar-refractivity contribution in [1.82, 2.24) is 14.9 Å². The molecule has 0 aliphatic carbocycles. The number of nitrogens with zero attached hydrogens (tertiary/aromatic N) is 2. The molecule has 170 valence electrons. The first-order valence-corrected chi connectivity index (χ1v) is 12.0. The molecule has 1 amide bonds. The van der Waals surface area contributed by atoms with Gasteiger partial charge < -0.3 is 19.4 Å². The van der Waals surface area contributed by atoms with Crippen molar-refractivity contribution in [2.75, 3.05) is 20.0 Å². The molecule has 0 bridgehead atoms. The monoisotopic (exact) mass is 457 g/mol. The minimum atomic E-state index is -3.24. The van der Waals surface area contributed by atoms with Crippen LogP contribution in [0.25, 0.3) is 0 Å². The predicted octanol–water partition coefficient (Wildman–Crippen LogP) is 2.90. The van der Waals surface area contributed by atoms with Crippen molar-refractivity contribution in [3.05, 3.63) is 72.3 Å². The highest BCUT2D eigenvalue weighted by atomic mass is 32.2. The van der Waals surface area contributed by atoms with E-state index in [0.717, 1.165) is 23.4 Å². The summed E-state index contributed by atoms with van der Waals surface area (Å²) in [6.07, 6.45) is 5.47. The summed E-state index contributed by atoms with van der Waals surface area (Å²) in [5, 5.41) is 3.05. The third-order valence-corrected chi connectivity index (χ3v) is 6.07. The fraction of sp³-hybridized carbons (Fsp3) is 0.304. The summed E-state index contributed by atoms with van der Waals surface area (Å²) in [6, 6.07) is 13.3. The van der Waals surface area contributed by atoms with Crippen LogP contribution in [0.4, 0.5) is 0 Å². The smallest absolute Gasteiger partial charge is 0.220 e. The number of sulfone groups is 1. The number of benzene rings is 2. The molecule has 0 radical (unpaired) electrons. The van der Waals surface area contributed by atoms with Crippen molar-refractivity contribution in [1.29, 1.82) is 0 Å². The molecule has 0 aliphatic heterocycles. The van der Waals surface area contributed by atoms with E-state index in [1.807, 2.05) is 42.1 Å². The van der Waals surface area contributed by atoms with Crippen molar-refractivity contribution in [2.24, 2.45) is 7.05 Å². The fourth-order valence-corrected chi connectivity index (χ4v) is 3.82. The molecule has 0 fully saturated rings. The van der Waals surface area contributed by atoms with Crippen molar-refractivity contribution in [2.45, 2.75) is 23.8 Å². The lowest BCUT2D eigenvalue weighted by Gasteiger charge is -2.19. The van der Waals surface area contributed by atoms with Crippen molar-refractivity contribution in [3.63, 3.8) is 0 Å². The number of aromatic nitrogens is 2. The van der Waals surface area contributed by atoms with Crippen LogP contribution >= 0.6 is 0 Å². The quantitative estimate of drug-likeness (QED) is 0.470. The van der Waals surface area contributed by atoms with Crippen LogP contribution in [0, 0.1) is 0 Å². The molecule has 3 rings (SSSR count). The van der Waals surface area contributed by atoms with E-state index >= 15 is 0 Å². The fourth-order valence-electron chi connectivity index (χ4n) is 3.19. The Morgan fingerprint density at radius 3 is 2.31 bits per heavy atom. The Morgan fingerprint density at radius 2 is 1.75 bits per heavy atom. The molecule has 1 aromatic heterocycles. The Labute approximate surface area is 188 Å². The first-order chi connectivity index (χ1) is 15.3. The van der Waals surface area contributed by atoms with Gasteiger partial charge in [0.25, 0.3) is 0 Å². The van der Waals surface area contributed by atoms with Crippen LogP contribution in [-0.4, -0.2) is 43.8 Å². The van der Waals surface area contributed by atoms with E-state index in [0.29, 0.717) is 18.8 Å². The van der Waals surface area contributed by atoms with Gasteiger partial charge in [-0.3, -0.25) is 4.79 Å². The number of carbonyl (C=O) groups excluding carboxylic acids is 1. The van der Waals surface area contributed by atoms with Gasteiger partial charge in [-0.15, -0.1) is 0 Å². The lowest BCUT2D eigenvalue weighted by atomic mass is 10.1. The zero-order chi connectivity index (χ0) is 23.1. The standard InChI is InChI=1S/C23H27N3O5S/c1-26-15-14-24-23(26)22(17-6-8-18(30-2)9-7-17)25-21(27)5-4-16-31-19-10-12-20(13-11-19)32(3,28)29/h6-15,22H,4-5,16H2,1-3H3,(H,25,27). The van der Waals surface area contributed by atoms with Crippen molar-refractivity contribution >= 4 is 15.7 Å². The second-order valence-electron chi connectivity index (χ2n) is 7.37. The third kappa shape index (κ3) is 6.10. The minimum absolute atomic E-state index is 0.121. The summed E-state index contributed by atoms with van der Waals surface area (Å²) in [5.74, 6) is 1.90. The van der Waals surface area contributed by atoms with E-state index in [1.54, 1.807) is 25.4 Å². The van der Waals surface area contributed by atoms with Crippen LogP contribution in [0.2, 0.25) is 0 Å². The molecule has 2 aromatic carbocycles. The number of hydrogen-bond acceptors (Lipinski definition) is 6. The number of rotatable bonds is 10. The molecule has 0 saturated carbocycles. The summed E-state index contributed by atoms with van der Waals surface area (Å²) < 4.78 is 35.7. The summed E-state index contributed by atoms with van der Waals surface area (Å²) in [4.78, 5) is 17.3. The van der Waals surface area contributed by atoms with E-state index in [1.165, 1.54) is 12.1 Å². The van der Waals surface area contributed by atoms with Gasteiger partial charge in [0, 0.05) is 32.1 Å². The third-order valence-electron chi connectivity index (χ3n) is 4.94. The van der Waals surface area contributed by atoms with E-state index in [2.05, 4.69) is 10.3 Å². The highest BCUT2D eigenvalue weighted by molar-refractivity contribution is 7.90. The van der Waals surface area contributed by atoms with E-state index in [4.69, 9.17) is 9.47 Å². The SMILES string of the molecule is COc1ccc(C(NC(=O)CCCOc2ccc(S(C)(=O)=O)cc2)c2nccn2C)cc1. The van der Waals surface area contributed by atoms with Crippen LogP contribution in [0.15, 0.2) is 65.8 Å². The van der Waals surface area contributed by atoms with Crippen molar-refractivity contribution < 1.29 is 22.7 Å². The normalized spacial score (nSPS) is 12.2. The number of imidazole rings is 1. The highest BCUT2D eigenvalue weighted by Gasteiger charge is 2.20. The minimum Gasteiger partial charge on any atom is -0.497 e. The number of amides is 1. The highest BCUT2D eigenvalue weighted by Crippen LogP contribution is 2.23. The molecule has 1 N–H and O–H groups in total. The average molecular weight is 458 g/mol. The average Bonchev–Trinajstić information content (AvgIpc) is 3.20. The largest absolute Gasteiger partial charge is 0.497 e. The second kappa shape index (κ2) is 10.3. The maximum Gasteiger partial charge on any atom is 0.220 e.